The molecule has 23 heavy (non-hydrogen) atoms. The molecule has 1 heteroatoms. The van der Waals surface area contributed by atoms with Gasteiger partial charge >= 0.3 is 26.2 Å². The van der Waals surface area contributed by atoms with E-state index in [1.54, 1.807) is 0 Å². The van der Waals surface area contributed by atoms with E-state index in [0.29, 0.717) is 0 Å². The number of hydrogen-bond donors (Lipinski definition) is 0. The van der Waals surface area contributed by atoms with Gasteiger partial charge in [0.2, 0.25) is 0 Å². The Morgan fingerprint density at radius 2 is 1.48 bits per heavy atom. The molecule has 0 saturated carbocycles. The monoisotopic (exact) mass is 383 g/mol. The van der Waals surface area contributed by atoms with Crippen LogP contribution in [0.2, 0.25) is 0 Å². The van der Waals surface area contributed by atoms with E-state index < -0.39 is 0 Å². The predicted octanol–water partition coefficient (Wildman–Crippen LogP) is 6.61. The summed E-state index contributed by atoms with van der Waals surface area (Å²) in [5.74, 6) is 0. The zero-order valence-corrected chi connectivity index (χ0v) is 17.4. The quantitative estimate of drug-likeness (QED) is 0.436. The van der Waals surface area contributed by atoms with E-state index in [1.807, 2.05) is 0 Å². The number of fused-ring (bicyclic) bond motifs is 3. The fraction of sp³-hybridized carbons (Fsp3) is 0.364. The van der Waals surface area contributed by atoms with E-state index in [0.717, 1.165) is 19.3 Å². The minimum absolute atomic E-state index is 0. The van der Waals surface area contributed by atoms with Gasteiger partial charge in [-0.3, -0.25) is 0 Å². The topological polar surface area (TPSA) is 0 Å². The molecule has 0 fully saturated rings. The molecule has 1 aliphatic rings. The molecule has 1 aliphatic carbocycles. The molecule has 2 aromatic carbocycles. The van der Waals surface area contributed by atoms with Crippen LogP contribution in [0.15, 0.2) is 36.4 Å². The van der Waals surface area contributed by atoms with Crippen LogP contribution in [0.1, 0.15) is 56.2 Å². The third kappa shape index (κ3) is 7.17. The fourth-order valence-electron chi connectivity index (χ4n) is 2.18. The van der Waals surface area contributed by atoms with Crippen LogP contribution in [0.5, 0.6) is 0 Å². The van der Waals surface area contributed by atoms with Gasteiger partial charge in [0, 0.05) is 0 Å². The predicted molar refractivity (Wildman–Crippen MR) is 98.8 cm³/mol. The van der Waals surface area contributed by atoms with Crippen LogP contribution in [0.4, 0.5) is 0 Å². The largest absolute Gasteiger partial charge is 3.00 e. The summed E-state index contributed by atoms with van der Waals surface area (Å²) < 4.78 is 0. The van der Waals surface area contributed by atoms with Gasteiger partial charge in [-0.1, -0.05) is 69.0 Å². The van der Waals surface area contributed by atoms with Crippen molar-refractivity contribution < 1.29 is 26.2 Å². The zero-order chi connectivity index (χ0) is 16.4. The van der Waals surface area contributed by atoms with E-state index in [4.69, 9.17) is 0 Å². The minimum Gasteiger partial charge on any atom is -0.343 e. The molecule has 0 N–H and O–H groups in total. The second kappa shape index (κ2) is 12.7. The first-order chi connectivity index (χ1) is 10.7. The molecule has 0 spiro atoms. The van der Waals surface area contributed by atoms with Gasteiger partial charge in [0.1, 0.15) is 0 Å². The Morgan fingerprint density at radius 1 is 0.913 bits per heavy atom. The molecule has 1 radical (unpaired) electrons. The van der Waals surface area contributed by atoms with E-state index in [1.165, 1.54) is 40.7 Å². The van der Waals surface area contributed by atoms with Crippen molar-refractivity contribution in [2.45, 2.75) is 52.9 Å². The smallest absolute Gasteiger partial charge is 0.343 e. The molecule has 0 aromatic heterocycles. The van der Waals surface area contributed by atoms with Crippen LogP contribution in [-0.4, -0.2) is 0 Å². The van der Waals surface area contributed by atoms with E-state index in [9.17, 15) is 0 Å². The molecule has 0 heterocycles. The van der Waals surface area contributed by atoms with Crippen LogP contribution < -0.4 is 0 Å². The summed E-state index contributed by atoms with van der Waals surface area (Å²) in [6.45, 7) is 13.5. The van der Waals surface area contributed by atoms with Crippen LogP contribution >= 0.6 is 0 Å². The third-order valence-electron chi connectivity index (χ3n) is 3.56. The second-order valence-corrected chi connectivity index (χ2v) is 5.57. The van der Waals surface area contributed by atoms with E-state index in [2.05, 4.69) is 77.1 Å². The van der Waals surface area contributed by atoms with Crippen molar-refractivity contribution in [3.63, 3.8) is 0 Å². The Labute approximate surface area is 162 Å². The van der Waals surface area contributed by atoms with Crippen molar-refractivity contribution in [3.8, 4) is 11.1 Å². The van der Waals surface area contributed by atoms with Gasteiger partial charge in [-0.2, -0.15) is 36.6 Å². The van der Waals surface area contributed by atoms with Gasteiger partial charge < -0.3 is 13.8 Å². The van der Waals surface area contributed by atoms with Crippen molar-refractivity contribution in [3.05, 3.63) is 73.0 Å². The van der Waals surface area contributed by atoms with Crippen LogP contribution in [0, 0.1) is 26.8 Å². The van der Waals surface area contributed by atoms with Crippen molar-refractivity contribution >= 4 is 0 Å². The Balaban J connectivity index is 0.000000461. The average Bonchev–Trinajstić information content (AvgIpc) is 2.92. The number of aryl methyl sites for hydroxylation is 1. The summed E-state index contributed by atoms with van der Waals surface area (Å²) in [5.41, 5.74) is 6.78. The van der Waals surface area contributed by atoms with Crippen LogP contribution in [0.3, 0.4) is 0 Å². The first-order valence-corrected chi connectivity index (χ1v) is 8.36. The van der Waals surface area contributed by atoms with Crippen molar-refractivity contribution in [1.29, 1.82) is 0 Å². The summed E-state index contributed by atoms with van der Waals surface area (Å²) in [4.78, 5) is 0. The van der Waals surface area contributed by atoms with Crippen LogP contribution in [0.25, 0.3) is 11.1 Å². The second-order valence-electron chi connectivity index (χ2n) is 5.57. The summed E-state index contributed by atoms with van der Waals surface area (Å²) in [6, 6.07) is 16.4. The minimum atomic E-state index is 0. The van der Waals surface area contributed by atoms with E-state index in [-0.39, 0.29) is 26.2 Å². The fourth-order valence-corrected chi connectivity index (χ4v) is 2.18. The maximum atomic E-state index is 3.60. The number of benzene rings is 2. The maximum absolute atomic E-state index is 3.60. The SMILES string of the molecule is Cc1[c-]c2c(cc1)-c1ccccc1C2.[CH2-]CCC.[CH2-]CCC.[Zr+3]. The molecule has 3 rings (SSSR count). The maximum Gasteiger partial charge on any atom is 3.00 e. The molecule has 0 bridgehead atoms. The average molecular weight is 385 g/mol. The Morgan fingerprint density at radius 3 is 2.04 bits per heavy atom. The summed E-state index contributed by atoms with van der Waals surface area (Å²) in [5, 5.41) is 0. The summed E-state index contributed by atoms with van der Waals surface area (Å²) >= 11 is 0. The first-order valence-electron chi connectivity index (χ1n) is 8.36. The Kier molecular flexibility index (Phi) is 12.3. The molecule has 2 aromatic rings. The number of hydrogen-bond acceptors (Lipinski definition) is 0. The summed E-state index contributed by atoms with van der Waals surface area (Å²) in [7, 11) is 0. The van der Waals surface area contributed by atoms with Gasteiger partial charge in [-0.05, 0) is 6.42 Å². The Hall–Kier alpha value is -0.677. The number of unbranched alkanes of at least 4 members (excludes halogenated alkanes) is 2. The summed E-state index contributed by atoms with van der Waals surface area (Å²) in [6.07, 6.45) is 5.60. The number of rotatable bonds is 2. The van der Waals surface area contributed by atoms with Gasteiger partial charge in [-0.15, -0.1) is 11.1 Å². The van der Waals surface area contributed by atoms with E-state index >= 15 is 0 Å². The normalized spacial score (nSPS) is 10.1. The standard InChI is InChI=1S/C14H11.2C4H9.Zr/c1-10-6-7-14-12(8-10)9-11-4-2-3-5-13(11)14;2*1-3-4-2;/h2-7H,9H2,1H3;2*1,3-4H2,2H3;/q3*-1;+3. The van der Waals surface area contributed by atoms with Gasteiger partial charge in [0.15, 0.2) is 0 Å². The molecule has 0 aliphatic heterocycles. The molecule has 0 saturated heterocycles. The van der Waals surface area contributed by atoms with Crippen molar-refractivity contribution in [2.75, 3.05) is 0 Å². The molecular formula is C22H29Zr. The third-order valence-corrected chi connectivity index (χ3v) is 3.56. The van der Waals surface area contributed by atoms with Gasteiger partial charge in [0.05, 0.1) is 0 Å². The molecule has 121 valence electrons. The Bertz CT molecular complexity index is 550. The van der Waals surface area contributed by atoms with Crippen LogP contribution in [-0.2, 0) is 32.6 Å². The van der Waals surface area contributed by atoms with Gasteiger partial charge in [-0.25, -0.2) is 0 Å². The van der Waals surface area contributed by atoms with Crippen molar-refractivity contribution in [1.82, 2.24) is 0 Å². The van der Waals surface area contributed by atoms with Gasteiger partial charge in [0.25, 0.3) is 0 Å². The molecular weight excluding hydrogens is 355 g/mol. The molecule has 0 nitrogen and oxygen atoms in total. The zero-order valence-electron chi connectivity index (χ0n) is 14.9. The first kappa shape index (κ1) is 22.3. The molecule has 0 amide bonds. The molecule has 0 unspecified atom stereocenters. The van der Waals surface area contributed by atoms with Crippen molar-refractivity contribution in [2.24, 2.45) is 0 Å². The molecule has 0 atom stereocenters.